The molecule has 0 spiro atoms. The average Bonchev–Trinajstić information content (AvgIpc) is 2.68. The lowest BCUT2D eigenvalue weighted by Crippen LogP contribution is -2.50. The maximum atomic E-state index is 12.5. The maximum Gasteiger partial charge on any atom is 0.253 e. The Morgan fingerprint density at radius 2 is 1.78 bits per heavy atom. The van der Waals surface area contributed by atoms with E-state index < -0.39 is 6.10 Å². The van der Waals surface area contributed by atoms with Gasteiger partial charge in [0, 0.05) is 38.3 Å². The van der Waals surface area contributed by atoms with Gasteiger partial charge in [0.25, 0.3) is 5.91 Å². The second-order valence-electron chi connectivity index (χ2n) is 7.19. The molecule has 27 heavy (non-hydrogen) atoms. The van der Waals surface area contributed by atoms with E-state index in [1.165, 1.54) is 5.56 Å². The van der Waals surface area contributed by atoms with Crippen LogP contribution in [0.1, 0.15) is 21.5 Å². The lowest BCUT2D eigenvalue weighted by atomic mass is 10.1. The van der Waals surface area contributed by atoms with Crippen LogP contribution in [0.3, 0.4) is 0 Å². The van der Waals surface area contributed by atoms with E-state index in [-0.39, 0.29) is 12.5 Å². The van der Waals surface area contributed by atoms with Crippen molar-refractivity contribution in [2.75, 3.05) is 39.3 Å². The molecule has 1 unspecified atom stereocenters. The minimum Gasteiger partial charge on any atom is -0.491 e. The van der Waals surface area contributed by atoms with E-state index in [9.17, 15) is 9.90 Å². The first-order valence-electron chi connectivity index (χ1n) is 9.48. The van der Waals surface area contributed by atoms with E-state index in [0.29, 0.717) is 19.6 Å². The molecule has 1 aliphatic heterocycles. The van der Waals surface area contributed by atoms with Crippen molar-refractivity contribution in [3.63, 3.8) is 0 Å². The van der Waals surface area contributed by atoms with E-state index in [1.807, 2.05) is 61.2 Å². The van der Waals surface area contributed by atoms with Crippen molar-refractivity contribution in [3.8, 4) is 5.75 Å². The van der Waals surface area contributed by atoms with Gasteiger partial charge in [-0.15, -0.1) is 0 Å². The minimum atomic E-state index is -0.554. The van der Waals surface area contributed by atoms with Gasteiger partial charge in [-0.2, -0.15) is 0 Å². The number of carbonyl (C=O) groups excluding carboxylic acids is 1. The molecule has 2 aromatic rings. The Kier molecular flexibility index (Phi) is 6.48. The van der Waals surface area contributed by atoms with Crippen LogP contribution in [0.5, 0.6) is 5.75 Å². The summed E-state index contributed by atoms with van der Waals surface area (Å²) in [5, 5.41) is 10.3. The number of rotatable bonds is 6. The van der Waals surface area contributed by atoms with Crippen molar-refractivity contribution in [3.05, 3.63) is 65.2 Å². The molecule has 1 fully saturated rings. The molecule has 144 valence electrons. The van der Waals surface area contributed by atoms with Crippen LogP contribution in [0.25, 0.3) is 0 Å². The van der Waals surface area contributed by atoms with Gasteiger partial charge in [0.1, 0.15) is 18.5 Å². The summed E-state index contributed by atoms with van der Waals surface area (Å²) in [5.74, 6) is 0.895. The Hall–Kier alpha value is -2.37. The number of ether oxygens (including phenoxy) is 1. The van der Waals surface area contributed by atoms with Gasteiger partial charge in [0.15, 0.2) is 0 Å². The van der Waals surface area contributed by atoms with E-state index >= 15 is 0 Å². The van der Waals surface area contributed by atoms with Gasteiger partial charge in [-0.25, -0.2) is 0 Å². The highest BCUT2D eigenvalue weighted by Gasteiger charge is 2.23. The third-order valence-corrected chi connectivity index (χ3v) is 4.91. The molecule has 0 radical (unpaired) electrons. The van der Waals surface area contributed by atoms with Gasteiger partial charge in [-0.05, 0) is 37.6 Å². The first-order chi connectivity index (χ1) is 13.0. The molecule has 2 aromatic carbocycles. The molecule has 0 aromatic heterocycles. The molecule has 1 saturated heterocycles. The number of amides is 1. The highest BCUT2D eigenvalue weighted by atomic mass is 16.5. The van der Waals surface area contributed by atoms with Crippen molar-refractivity contribution < 1.29 is 14.6 Å². The van der Waals surface area contributed by atoms with E-state index in [1.54, 1.807) is 0 Å². The minimum absolute atomic E-state index is 0.0778. The molecule has 1 aliphatic rings. The predicted molar refractivity (Wildman–Crippen MR) is 106 cm³/mol. The first-order valence-corrected chi connectivity index (χ1v) is 9.48. The number of aliphatic hydroxyl groups excluding tert-OH is 1. The van der Waals surface area contributed by atoms with E-state index in [2.05, 4.69) is 11.0 Å². The molecule has 5 nitrogen and oxygen atoms in total. The van der Waals surface area contributed by atoms with Crippen LogP contribution in [0, 0.1) is 13.8 Å². The highest BCUT2D eigenvalue weighted by Crippen LogP contribution is 2.19. The molecular weight excluding hydrogens is 340 g/mol. The van der Waals surface area contributed by atoms with Crippen molar-refractivity contribution in [2.24, 2.45) is 0 Å². The number of β-amino-alcohol motifs (C(OH)–C–C–N with tert-alkyl or cyclic N) is 1. The number of hydrogen-bond donors (Lipinski definition) is 1. The lowest BCUT2D eigenvalue weighted by molar-refractivity contribution is 0.0403. The molecule has 1 heterocycles. The molecule has 1 N–H and O–H groups in total. The highest BCUT2D eigenvalue weighted by molar-refractivity contribution is 5.94. The van der Waals surface area contributed by atoms with Gasteiger partial charge >= 0.3 is 0 Å². The lowest BCUT2D eigenvalue weighted by Gasteiger charge is -2.35. The Morgan fingerprint density at radius 3 is 2.44 bits per heavy atom. The third-order valence-electron chi connectivity index (χ3n) is 4.91. The number of piperazine rings is 1. The monoisotopic (exact) mass is 368 g/mol. The second kappa shape index (κ2) is 9.02. The van der Waals surface area contributed by atoms with Crippen LogP contribution in [0.15, 0.2) is 48.5 Å². The summed E-state index contributed by atoms with van der Waals surface area (Å²) in [6, 6.07) is 15.4. The van der Waals surface area contributed by atoms with Gasteiger partial charge in [-0.3, -0.25) is 9.69 Å². The standard InChI is InChI=1S/C22H28N2O3/c1-17-8-9-21(18(2)14-17)27-16-20(25)15-23-10-12-24(13-11-23)22(26)19-6-4-3-5-7-19/h3-9,14,20,25H,10-13,15-16H2,1-2H3. The average molecular weight is 368 g/mol. The number of aryl methyl sites for hydroxylation is 2. The Bertz CT molecular complexity index is 755. The Labute approximate surface area is 161 Å². The van der Waals surface area contributed by atoms with Crippen molar-refractivity contribution in [2.45, 2.75) is 20.0 Å². The SMILES string of the molecule is Cc1ccc(OCC(O)CN2CCN(C(=O)c3ccccc3)CC2)c(C)c1. The molecule has 1 atom stereocenters. The van der Waals surface area contributed by atoms with Crippen LogP contribution < -0.4 is 4.74 Å². The largest absolute Gasteiger partial charge is 0.491 e. The van der Waals surface area contributed by atoms with Gasteiger partial charge < -0.3 is 14.7 Å². The van der Waals surface area contributed by atoms with Crippen LogP contribution in [-0.2, 0) is 0 Å². The number of nitrogens with zero attached hydrogens (tertiary/aromatic N) is 2. The smallest absolute Gasteiger partial charge is 0.253 e. The number of carbonyl (C=O) groups is 1. The number of hydrogen-bond acceptors (Lipinski definition) is 4. The topological polar surface area (TPSA) is 53.0 Å². The number of aliphatic hydroxyl groups is 1. The van der Waals surface area contributed by atoms with E-state index in [4.69, 9.17) is 4.74 Å². The zero-order valence-electron chi connectivity index (χ0n) is 16.1. The molecule has 0 aliphatic carbocycles. The summed E-state index contributed by atoms with van der Waals surface area (Å²) in [4.78, 5) is 16.5. The van der Waals surface area contributed by atoms with Crippen molar-refractivity contribution in [1.82, 2.24) is 9.80 Å². The van der Waals surface area contributed by atoms with Gasteiger partial charge in [-0.1, -0.05) is 35.9 Å². The summed E-state index contributed by atoms with van der Waals surface area (Å²) in [7, 11) is 0. The van der Waals surface area contributed by atoms with Crippen LogP contribution in [0.4, 0.5) is 0 Å². The molecule has 5 heteroatoms. The van der Waals surface area contributed by atoms with Crippen LogP contribution >= 0.6 is 0 Å². The zero-order chi connectivity index (χ0) is 19.2. The summed E-state index contributed by atoms with van der Waals surface area (Å²) >= 11 is 0. The quantitative estimate of drug-likeness (QED) is 0.851. The fraction of sp³-hybridized carbons (Fsp3) is 0.409. The molecule has 0 saturated carbocycles. The molecule has 1 amide bonds. The van der Waals surface area contributed by atoms with Crippen LogP contribution in [0.2, 0.25) is 0 Å². The van der Waals surface area contributed by atoms with Crippen LogP contribution in [-0.4, -0.2) is 66.2 Å². The Balaban J connectivity index is 1.42. The summed E-state index contributed by atoms with van der Waals surface area (Å²) in [6.45, 7) is 7.77. The number of benzene rings is 2. The maximum absolute atomic E-state index is 12.5. The normalized spacial score (nSPS) is 16.2. The van der Waals surface area contributed by atoms with Crippen molar-refractivity contribution in [1.29, 1.82) is 0 Å². The summed E-state index contributed by atoms with van der Waals surface area (Å²) < 4.78 is 5.77. The fourth-order valence-corrected chi connectivity index (χ4v) is 3.39. The second-order valence-corrected chi connectivity index (χ2v) is 7.19. The predicted octanol–water partition coefficient (Wildman–Crippen LogP) is 2.50. The van der Waals surface area contributed by atoms with Gasteiger partial charge in [0.2, 0.25) is 0 Å². The van der Waals surface area contributed by atoms with Gasteiger partial charge in [0.05, 0.1) is 0 Å². The fourth-order valence-electron chi connectivity index (χ4n) is 3.39. The third kappa shape index (κ3) is 5.31. The Morgan fingerprint density at radius 1 is 1.07 bits per heavy atom. The summed E-state index contributed by atoms with van der Waals surface area (Å²) in [6.07, 6.45) is -0.554. The molecule has 3 rings (SSSR count). The molecule has 0 bridgehead atoms. The molecular formula is C22H28N2O3. The van der Waals surface area contributed by atoms with Crippen molar-refractivity contribution >= 4 is 5.91 Å². The summed E-state index contributed by atoms with van der Waals surface area (Å²) in [5.41, 5.74) is 3.01. The van der Waals surface area contributed by atoms with E-state index in [0.717, 1.165) is 30.0 Å². The zero-order valence-corrected chi connectivity index (χ0v) is 16.1. The first kappa shape index (κ1) is 19.4.